The molecule has 2 aromatic carbocycles. The van der Waals surface area contributed by atoms with Crippen molar-refractivity contribution in [1.82, 2.24) is 0 Å². The highest BCUT2D eigenvalue weighted by Gasteiger charge is 2.12. The summed E-state index contributed by atoms with van der Waals surface area (Å²) in [6, 6.07) is 19.1. The first-order valence-corrected chi connectivity index (χ1v) is 9.40. The van der Waals surface area contributed by atoms with Crippen molar-refractivity contribution in [1.29, 1.82) is 0 Å². The number of esters is 2. The molecule has 2 atom stereocenters. The summed E-state index contributed by atoms with van der Waals surface area (Å²) in [7, 11) is 0. The predicted molar refractivity (Wildman–Crippen MR) is 111 cm³/mol. The molecular formula is C24H26O4. The molecule has 2 aromatic rings. The number of ether oxygens (including phenoxy) is 2. The molecule has 2 rings (SSSR count). The molecule has 0 amide bonds. The average molecular weight is 378 g/mol. The number of carbonyl (C=O) groups is 2. The summed E-state index contributed by atoms with van der Waals surface area (Å²) in [5.74, 6) is -0.765. The van der Waals surface area contributed by atoms with Gasteiger partial charge in [-0.25, -0.2) is 9.59 Å². The average Bonchev–Trinajstić information content (AvgIpc) is 2.71. The molecule has 0 saturated carbocycles. The van der Waals surface area contributed by atoms with Gasteiger partial charge in [-0.3, -0.25) is 0 Å². The van der Waals surface area contributed by atoms with E-state index in [9.17, 15) is 9.59 Å². The molecule has 4 nitrogen and oxygen atoms in total. The lowest BCUT2D eigenvalue weighted by Gasteiger charge is -2.15. The topological polar surface area (TPSA) is 52.6 Å². The maximum atomic E-state index is 11.9. The molecule has 28 heavy (non-hydrogen) atoms. The van der Waals surface area contributed by atoms with Crippen molar-refractivity contribution in [2.75, 3.05) is 0 Å². The van der Waals surface area contributed by atoms with E-state index in [4.69, 9.17) is 9.47 Å². The quantitative estimate of drug-likeness (QED) is 0.452. The Kier molecular flexibility index (Phi) is 8.73. The van der Waals surface area contributed by atoms with Gasteiger partial charge < -0.3 is 9.47 Å². The lowest BCUT2D eigenvalue weighted by atomic mass is 10.1. The van der Waals surface area contributed by atoms with E-state index in [1.54, 1.807) is 12.2 Å². The van der Waals surface area contributed by atoms with Crippen LogP contribution < -0.4 is 0 Å². The maximum Gasteiger partial charge on any atom is 0.331 e. The minimum atomic E-state index is -0.383. The van der Waals surface area contributed by atoms with Crippen LogP contribution in [0.25, 0.3) is 12.2 Å². The zero-order valence-corrected chi connectivity index (χ0v) is 16.3. The van der Waals surface area contributed by atoms with Crippen molar-refractivity contribution >= 4 is 24.1 Å². The Balaban J connectivity index is 1.67. The summed E-state index contributed by atoms with van der Waals surface area (Å²) in [5.41, 5.74) is 1.88. The van der Waals surface area contributed by atoms with Gasteiger partial charge in [-0.15, -0.1) is 0 Å². The Morgan fingerprint density at radius 2 is 1.07 bits per heavy atom. The molecule has 0 aliphatic rings. The molecule has 0 spiro atoms. The molecule has 0 aliphatic heterocycles. The standard InChI is InChI=1S/C24H26O4/c1-19(27-23(25)17-15-21-9-5-3-6-10-21)13-14-20(2)28-24(26)18-16-22-11-7-4-8-12-22/h3-12,15-20H,13-14H2,1-2H3/b17-15+,18-16+. The fourth-order valence-electron chi connectivity index (χ4n) is 2.52. The monoisotopic (exact) mass is 378 g/mol. The largest absolute Gasteiger partial charge is 0.460 e. The Morgan fingerprint density at radius 3 is 1.43 bits per heavy atom. The van der Waals surface area contributed by atoms with E-state index in [-0.39, 0.29) is 24.1 Å². The summed E-state index contributed by atoms with van der Waals surface area (Å²) in [6.45, 7) is 3.66. The van der Waals surface area contributed by atoms with Gasteiger partial charge in [0.15, 0.2) is 0 Å². The summed E-state index contributed by atoms with van der Waals surface area (Å²) in [5, 5.41) is 0. The molecule has 146 valence electrons. The van der Waals surface area contributed by atoms with Crippen LogP contribution in [0.1, 0.15) is 37.8 Å². The van der Waals surface area contributed by atoms with Gasteiger partial charge in [0.1, 0.15) is 0 Å². The predicted octanol–water partition coefficient (Wildman–Crippen LogP) is 5.06. The van der Waals surface area contributed by atoms with Gasteiger partial charge in [0.05, 0.1) is 12.2 Å². The molecule has 0 bridgehead atoms. The van der Waals surface area contributed by atoms with Crippen LogP contribution in [0.15, 0.2) is 72.8 Å². The number of rotatable bonds is 9. The van der Waals surface area contributed by atoms with Crippen molar-refractivity contribution in [2.24, 2.45) is 0 Å². The first-order valence-electron chi connectivity index (χ1n) is 9.40. The number of carbonyl (C=O) groups excluding carboxylic acids is 2. The third kappa shape index (κ3) is 8.49. The van der Waals surface area contributed by atoms with E-state index in [2.05, 4.69) is 0 Å². The molecule has 0 aromatic heterocycles. The van der Waals surface area contributed by atoms with E-state index >= 15 is 0 Å². The van der Waals surface area contributed by atoms with Crippen LogP contribution in [0.3, 0.4) is 0 Å². The van der Waals surface area contributed by atoms with Gasteiger partial charge in [-0.05, 0) is 50.0 Å². The van der Waals surface area contributed by atoms with E-state index in [0.29, 0.717) is 12.8 Å². The molecule has 0 saturated heterocycles. The summed E-state index contributed by atoms with van der Waals surface area (Å²) < 4.78 is 10.7. The normalized spacial score (nSPS) is 13.4. The van der Waals surface area contributed by atoms with Crippen LogP contribution in [-0.2, 0) is 19.1 Å². The summed E-state index contributed by atoms with van der Waals surface area (Å²) in [6.07, 6.45) is 7.00. The van der Waals surface area contributed by atoms with Crippen molar-refractivity contribution in [3.8, 4) is 0 Å². The van der Waals surface area contributed by atoms with Crippen LogP contribution in [-0.4, -0.2) is 24.1 Å². The molecule has 4 heteroatoms. The molecule has 0 fully saturated rings. The van der Waals surface area contributed by atoms with Crippen LogP contribution in [0.2, 0.25) is 0 Å². The van der Waals surface area contributed by atoms with E-state index in [1.165, 1.54) is 12.2 Å². The first-order chi connectivity index (χ1) is 13.5. The van der Waals surface area contributed by atoms with Crippen molar-refractivity contribution < 1.29 is 19.1 Å². The second-order valence-corrected chi connectivity index (χ2v) is 6.56. The molecule has 0 N–H and O–H groups in total. The minimum absolute atomic E-state index is 0.256. The molecule has 0 aliphatic carbocycles. The van der Waals surface area contributed by atoms with Gasteiger partial charge in [0, 0.05) is 12.2 Å². The van der Waals surface area contributed by atoms with Gasteiger partial charge in [0.2, 0.25) is 0 Å². The fraction of sp³-hybridized carbons (Fsp3) is 0.250. The lowest BCUT2D eigenvalue weighted by molar-refractivity contribution is -0.146. The van der Waals surface area contributed by atoms with Crippen LogP contribution in [0.4, 0.5) is 0 Å². The summed E-state index contributed by atoms with van der Waals surface area (Å²) >= 11 is 0. The molecule has 2 unspecified atom stereocenters. The van der Waals surface area contributed by atoms with Gasteiger partial charge >= 0.3 is 11.9 Å². The van der Waals surface area contributed by atoms with Crippen LogP contribution >= 0.6 is 0 Å². The van der Waals surface area contributed by atoms with Crippen molar-refractivity contribution in [2.45, 2.75) is 38.9 Å². The Morgan fingerprint density at radius 1 is 0.714 bits per heavy atom. The van der Waals surface area contributed by atoms with Crippen molar-refractivity contribution in [3.05, 3.63) is 83.9 Å². The third-order valence-corrected chi connectivity index (χ3v) is 4.04. The second kappa shape index (κ2) is 11.5. The fourth-order valence-corrected chi connectivity index (χ4v) is 2.52. The highest BCUT2D eigenvalue weighted by molar-refractivity contribution is 5.87. The van der Waals surface area contributed by atoms with Gasteiger partial charge in [-0.1, -0.05) is 60.7 Å². The first kappa shape index (κ1) is 21.2. The van der Waals surface area contributed by atoms with Gasteiger partial charge in [0.25, 0.3) is 0 Å². The number of hydrogen-bond donors (Lipinski definition) is 0. The Bertz CT molecular complexity index is 724. The van der Waals surface area contributed by atoms with E-state index in [0.717, 1.165) is 11.1 Å². The number of benzene rings is 2. The summed E-state index contributed by atoms with van der Waals surface area (Å²) in [4.78, 5) is 23.7. The molecule has 0 heterocycles. The minimum Gasteiger partial charge on any atom is -0.460 e. The Hall–Kier alpha value is -3.14. The van der Waals surface area contributed by atoms with E-state index in [1.807, 2.05) is 74.5 Å². The number of hydrogen-bond acceptors (Lipinski definition) is 4. The van der Waals surface area contributed by atoms with Crippen molar-refractivity contribution in [3.63, 3.8) is 0 Å². The highest BCUT2D eigenvalue weighted by Crippen LogP contribution is 2.10. The molecule has 0 radical (unpaired) electrons. The highest BCUT2D eigenvalue weighted by atomic mass is 16.5. The van der Waals surface area contributed by atoms with Gasteiger partial charge in [-0.2, -0.15) is 0 Å². The SMILES string of the molecule is CC(CCC(C)OC(=O)/C=C/c1ccccc1)OC(=O)/C=C/c1ccccc1. The third-order valence-electron chi connectivity index (χ3n) is 4.04. The van der Waals surface area contributed by atoms with E-state index < -0.39 is 0 Å². The second-order valence-electron chi connectivity index (χ2n) is 6.56. The van der Waals surface area contributed by atoms with Crippen LogP contribution in [0.5, 0.6) is 0 Å². The zero-order valence-electron chi connectivity index (χ0n) is 16.3. The van der Waals surface area contributed by atoms with Crippen LogP contribution in [0, 0.1) is 0 Å². The zero-order chi connectivity index (χ0) is 20.2. The lowest BCUT2D eigenvalue weighted by Crippen LogP contribution is -2.18. The Labute approximate surface area is 166 Å². The molecular weight excluding hydrogens is 352 g/mol. The maximum absolute atomic E-state index is 11.9. The smallest absolute Gasteiger partial charge is 0.331 e.